The average Bonchev–Trinajstić information content (AvgIpc) is 2.18. The van der Waals surface area contributed by atoms with Crippen molar-refractivity contribution in [2.24, 2.45) is 0 Å². The lowest BCUT2D eigenvalue weighted by atomic mass is 10.3. The van der Waals surface area contributed by atoms with Crippen molar-refractivity contribution >= 4 is 5.97 Å². The maximum absolute atomic E-state index is 11.3. The van der Waals surface area contributed by atoms with Crippen LogP contribution < -0.4 is 4.74 Å². The highest BCUT2D eigenvalue weighted by Crippen LogP contribution is 2.08. The molecule has 0 aromatic heterocycles. The predicted octanol–water partition coefficient (Wildman–Crippen LogP) is 3.11. The summed E-state index contributed by atoms with van der Waals surface area (Å²) in [5.74, 6) is 0.197. The number of ether oxygens (including phenoxy) is 1. The fourth-order valence-electron chi connectivity index (χ4n) is 0.958. The molecule has 0 aliphatic carbocycles. The van der Waals surface area contributed by atoms with Crippen LogP contribution in [0.3, 0.4) is 0 Å². The summed E-state index contributed by atoms with van der Waals surface area (Å²) in [4.78, 5) is 11.3. The van der Waals surface area contributed by atoms with Gasteiger partial charge >= 0.3 is 5.97 Å². The van der Waals surface area contributed by atoms with Gasteiger partial charge in [0.25, 0.3) is 0 Å². The van der Waals surface area contributed by atoms with Crippen LogP contribution in [-0.4, -0.2) is 5.97 Å². The zero-order valence-electron chi connectivity index (χ0n) is 8.94. The van der Waals surface area contributed by atoms with Crippen LogP contribution in [0.5, 0.6) is 5.75 Å². The van der Waals surface area contributed by atoms with Crippen LogP contribution in [-0.2, 0) is 4.79 Å². The van der Waals surface area contributed by atoms with Gasteiger partial charge in [0.15, 0.2) is 0 Å². The number of rotatable bonds is 3. The van der Waals surface area contributed by atoms with Gasteiger partial charge in [-0.15, -0.1) is 0 Å². The van der Waals surface area contributed by atoms with Gasteiger partial charge in [0.05, 0.1) is 0 Å². The highest BCUT2D eigenvalue weighted by Gasteiger charge is 1.97. The molecule has 0 bridgehead atoms. The molecule has 1 aromatic rings. The van der Waals surface area contributed by atoms with Crippen LogP contribution in [0.25, 0.3) is 0 Å². The van der Waals surface area contributed by atoms with Crippen molar-refractivity contribution in [1.82, 2.24) is 0 Å². The third-order valence-corrected chi connectivity index (χ3v) is 1.62. The SMILES string of the molecule is CC(C)=CC=CC(=O)Oc1ccccc1. The van der Waals surface area contributed by atoms with E-state index in [-0.39, 0.29) is 5.97 Å². The first kappa shape index (κ1) is 11.2. The van der Waals surface area contributed by atoms with Gasteiger partial charge in [0.1, 0.15) is 5.75 Å². The minimum Gasteiger partial charge on any atom is -0.423 e. The Morgan fingerprint density at radius 2 is 1.87 bits per heavy atom. The molecule has 0 saturated heterocycles. The fourth-order valence-corrected chi connectivity index (χ4v) is 0.958. The van der Waals surface area contributed by atoms with E-state index < -0.39 is 0 Å². The van der Waals surface area contributed by atoms with Crippen LogP contribution in [0.4, 0.5) is 0 Å². The molecule has 2 nitrogen and oxygen atoms in total. The van der Waals surface area contributed by atoms with Crippen LogP contribution in [0.2, 0.25) is 0 Å². The lowest BCUT2D eigenvalue weighted by Gasteiger charge is -1.98. The Hall–Kier alpha value is -1.83. The third-order valence-electron chi connectivity index (χ3n) is 1.62. The molecule has 0 saturated carbocycles. The summed E-state index contributed by atoms with van der Waals surface area (Å²) in [7, 11) is 0. The van der Waals surface area contributed by atoms with Crippen LogP contribution in [0.15, 0.2) is 54.1 Å². The molecule has 0 spiro atoms. The van der Waals surface area contributed by atoms with Crippen molar-refractivity contribution in [3.63, 3.8) is 0 Å². The smallest absolute Gasteiger partial charge is 0.336 e. The van der Waals surface area contributed by atoms with E-state index >= 15 is 0 Å². The van der Waals surface area contributed by atoms with Crippen LogP contribution in [0.1, 0.15) is 13.8 Å². The molecular formula is C13H14O2. The van der Waals surface area contributed by atoms with Crippen molar-refractivity contribution in [3.8, 4) is 5.75 Å². The molecule has 0 amide bonds. The molecule has 0 unspecified atom stereocenters. The number of esters is 1. The number of hydrogen-bond donors (Lipinski definition) is 0. The number of allylic oxidation sites excluding steroid dienone is 3. The molecule has 15 heavy (non-hydrogen) atoms. The van der Waals surface area contributed by atoms with Gasteiger partial charge in [-0.25, -0.2) is 4.79 Å². The van der Waals surface area contributed by atoms with Crippen molar-refractivity contribution in [3.05, 3.63) is 54.1 Å². The zero-order chi connectivity index (χ0) is 11.1. The molecule has 2 heteroatoms. The molecular weight excluding hydrogens is 188 g/mol. The maximum atomic E-state index is 11.3. The van der Waals surface area contributed by atoms with Gasteiger partial charge in [0, 0.05) is 6.08 Å². The summed E-state index contributed by atoms with van der Waals surface area (Å²) in [5, 5.41) is 0. The summed E-state index contributed by atoms with van der Waals surface area (Å²) < 4.78 is 5.04. The molecule has 1 aromatic carbocycles. The summed E-state index contributed by atoms with van der Waals surface area (Å²) >= 11 is 0. The van der Waals surface area contributed by atoms with Gasteiger partial charge in [-0.05, 0) is 26.0 Å². The highest BCUT2D eigenvalue weighted by atomic mass is 16.5. The Bertz CT molecular complexity index is 371. The number of carbonyl (C=O) groups excluding carboxylic acids is 1. The van der Waals surface area contributed by atoms with Gasteiger partial charge in [-0.1, -0.05) is 35.9 Å². The van der Waals surface area contributed by atoms with Crippen LogP contribution in [0, 0.1) is 0 Å². The van der Waals surface area contributed by atoms with Crippen molar-refractivity contribution in [1.29, 1.82) is 0 Å². The Kier molecular flexibility index (Phi) is 4.35. The number of para-hydroxylation sites is 1. The Balaban J connectivity index is 2.51. The Morgan fingerprint density at radius 1 is 1.20 bits per heavy atom. The Morgan fingerprint density at radius 3 is 2.47 bits per heavy atom. The van der Waals surface area contributed by atoms with E-state index in [9.17, 15) is 4.79 Å². The minimum atomic E-state index is -0.362. The first-order valence-corrected chi connectivity index (χ1v) is 4.77. The van der Waals surface area contributed by atoms with E-state index in [2.05, 4.69) is 0 Å². The molecule has 0 N–H and O–H groups in total. The van der Waals surface area contributed by atoms with Gasteiger partial charge in [0.2, 0.25) is 0 Å². The second kappa shape index (κ2) is 5.81. The molecule has 0 heterocycles. The largest absolute Gasteiger partial charge is 0.423 e. The Labute approximate surface area is 89.9 Å². The fraction of sp³-hybridized carbons (Fsp3) is 0.154. The van der Waals surface area contributed by atoms with E-state index in [0.29, 0.717) is 5.75 Å². The monoisotopic (exact) mass is 202 g/mol. The van der Waals surface area contributed by atoms with Gasteiger partial charge in [-0.3, -0.25) is 0 Å². The molecule has 0 aliphatic heterocycles. The standard InChI is InChI=1S/C13H14O2/c1-11(2)7-6-10-13(14)15-12-8-4-3-5-9-12/h3-10H,1-2H3. The van der Waals surface area contributed by atoms with Gasteiger partial charge in [-0.2, -0.15) is 0 Å². The lowest BCUT2D eigenvalue weighted by Crippen LogP contribution is -2.03. The quantitative estimate of drug-likeness (QED) is 0.326. The molecule has 78 valence electrons. The van der Waals surface area contributed by atoms with E-state index in [0.717, 1.165) is 5.57 Å². The number of carbonyl (C=O) groups is 1. The molecule has 0 atom stereocenters. The number of hydrogen-bond acceptors (Lipinski definition) is 2. The molecule has 0 radical (unpaired) electrons. The summed E-state index contributed by atoms with van der Waals surface area (Å²) in [6, 6.07) is 9.00. The molecule has 1 rings (SSSR count). The van der Waals surface area contributed by atoms with E-state index in [4.69, 9.17) is 4.74 Å². The lowest BCUT2D eigenvalue weighted by molar-refractivity contribution is -0.128. The van der Waals surface area contributed by atoms with Crippen molar-refractivity contribution < 1.29 is 9.53 Å². The van der Waals surface area contributed by atoms with Crippen molar-refractivity contribution in [2.75, 3.05) is 0 Å². The molecule has 0 fully saturated rings. The normalized spacial score (nSPS) is 10.0. The summed E-state index contributed by atoms with van der Waals surface area (Å²) in [6.45, 7) is 3.93. The van der Waals surface area contributed by atoms with Gasteiger partial charge < -0.3 is 4.74 Å². The van der Waals surface area contributed by atoms with Crippen LogP contribution >= 0.6 is 0 Å². The minimum absolute atomic E-state index is 0.362. The first-order valence-electron chi connectivity index (χ1n) is 4.77. The second-order valence-electron chi connectivity index (χ2n) is 3.34. The topological polar surface area (TPSA) is 26.3 Å². The summed E-state index contributed by atoms with van der Waals surface area (Å²) in [6.07, 6.45) is 4.94. The predicted molar refractivity (Wildman–Crippen MR) is 60.6 cm³/mol. The van der Waals surface area contributed by atoms with Crippen molar-refractivity contribution in [2.45, 2.75) is 13.8 Å². The maximum Gasteiger partial charge on any atom is 0.336 e. The third kappa shape index (κ3) is 4.81. The molecule has 0 aliphatic rings. The highest BCUT2D eigenvalue weighted by molar-refractivity contribution is 5.84. The first-order chi connectivity index (χ1) is 7.18. The van der Waals surface area contributed by atoms with E-state index in [1.807, 2.05) is 38.1 Å². The summed E-state index contributed by atoms with van der Waals surface area (Å²) in [5.41, 5.74) is 1.14. The average molecular weight is 202 g/mol. The van der Waals surface area contributed by atoms with E-state index in [1.54, 1.807) is 18.2 Å². The van der Waals surface area contributed by atoms with E-state index in [1.165, 1.54) is 6.08 Å². The number of benzene rings is 1. The zero-order valence-corrected chi connectivity index (χ0v) is 8.94. The second-order valence-corrected chi connectivity index (χ2v) is 3.34.